The molecule has 1 aliphatic carbocycles. The van der Waals surface area contributed by atoms with Crippen LogP contribution in [-0.2, 0) is 4.79 Å². The quantitative estimate of drug-likeness (QED) is 0.922. The predicted octanol–water partition coefficient (Wildman–Crippen LogP) is 1.74. The Bertz CT molecular complexity index is 558. The van der Waals surface area contributed by atoms with E-state index in [4.69, 9.17) is 0 Å². The first kappa shape index (κ1) is 15.8. The monoisotopic (exact) mass is 316 g/mol. The number of carbonyl (C=O) groups is 2. The van der Waals surface area contributed by atoms with Crippen LogP contribution in [0.1, 0.15) is 43.1 Å². The Morgan fingerprint density at radius 2 is 1.74 bits per heavy atom. The van der Waals surface area contributed by atoms with Crippen LogP contribution in [0, 0.1) is 0 Å². The summed E-state index contributed by atoms with van der Waals surface area (Å²) >= 11 is 0. The van der Waals surface area contributed by atoms with Gasteiger partial charge in [-0.2, -0.15) is 0 Å². The van der Waals surface area contributed by atoms with Crippen LogP contribution in [0.5, 0.6) is 0 Å². The molecule has 3 rings (SSSR count). The number of piperazine rings is 1. The molecular weight excluding hydrogens is 292 g/mol. The third kappa shape index (κ3) is 3.81. The number of nitrogens with zero attached hydrogens (tertiary/aromatic N) is 3. The topological polar surface area (TPSA) is 65.5 Å². The molecule has 0 unspecified atom stereocenters. The Morgan fingerprint density at radius 1 is 1.09 bits per heavy atom. The highest BCUT2D eigenvalue weighted by molar-refractivity contribution is 5.92. The summed E-state index contributed by atoms with van der Waals surface area (Å²) in [4.78, 5) is 31.7. The zero-order valence-corrected chi connectivity index (χ0v) is 13.6. The van der Waals surface area contributed by atoms with Gasteiger partial charge in [-0.3, -0.25) is 9.59 Å². The largest absolute Gasteiger partial charge is 0.381 e. The molecule has 0 atom stereocenters. The molecule has 1 saturated carbocycles. The molecule has 124 valence electrons. The van der Waals surface area contributed by atoms with Crippen molar-refractivity contribution in [2.75, 3.05) is 31.5 Å². The van der Waals surface area contributed by atoms with Gasteiger partial charge in [-0.25, -0.2) is 4.98 Å². The second-order valence-corrected chi connectivity index (χ2v) is 6.36. The van der Waals surface area contributed by atoms with Gasteiger partial charge in [-0.15, -0.1) is 0 Å². The summed E-state index contributed by atoms with van der Waals surface area (Å²) in [6.07, 6.45) is 6.74. The van der Waals surface area contributed by atoms with Crippen LogP contribution in [0.2, 0.25) is 0 Å². The van der Waals surface area contributed by atoms with E-state index in [9.17, 15) is 9.59 Å². The summed E-state index contributed by atoms with van der Waals surface area (Å²) in [6, 6.07) is 4.26. The van der Waals surface area contributed by atoms with Crippen LogP contribution >= 0.6 is 0 Å². The molecule has 1 aromatic heterocycles. The van der Waals surface area contributed by atoms with Gasteiger partial charge in [-0.1, -0.05) is 12.8 Å². The van der Waals surface area contributed by atoms with Gasteiger partial charge in [0.15, 0.2) is 0 Å². The van der Waals surface area contributed by atoms with Crippen molar-refractivity contribution in [1.29, 1.82) is 0 Å². The molecule has 1 N–H and O–H groups in total. The lowest BCUT2D eigenvalue weighted by atomic mass is 10.2. The summed E-state index contributed by atoms with van der Waals surface area (Å²) in [5.41, 5.74) is 1.45. The van der Waals surface area contributed by atoms with Crippen LogP contribution < -0.4 is 5.32 Å². The Balaban J connectivity index is 1.56. The number of hydrogen-bond acceptors (Lipinski definition) is 4. The van der Waals surface area contributed by atoms with Gasteiger partial charge in [0, 0.05) is 39.1 Å². The van der Waals surface area contributed by atoms with Gasteiger partial charge < -0.3 is 15.1 Å². The molecule has 1 aromatic rings. The smallest absolute Gasteiger partial charge is 0.272 e. The highest BCUT2D eigenvalue weighted by Gasteiger charge is 2.24. The fourth-order valence-electron chi connectivity index (χ4n) is 3.30. The molecule has 2 heterocycles. The maximum atomic E-state index is 12.5. The number of nitrogens with one attached hydrogen (secondary N) is 1. The standard InChI is InChI=1S/C17H24N4O2/c1-13(22)20-8-10-21(11-9-20)17(23)16-7-6-15(12-18-16)19-14-4-2-3-5-14/h6-7,12,14,19H,2-5,8-11H2,1H3. The highest BCUT2D eigenvalue weighted by Crippen LogP contribution is 2.22. The van der Waals surface area contributed by atoms with Gasteiger partial charge in [0.1, 0.15) is 5.69 Å². The molecule has 0 bridgehead atoms. The van der Waals surface area contributed by atoms with Crippen LogP contribution in [0.25, 0.3) is 0 Å². The molecule has 0 radical (unpaired) electrons. The summed E-state index contributed by atoms with van der Waals surface area (Å²) < 4.78 is 0. The molecule has 6 heteroatoms. The lowest BCUT2D eigenvalue weighted by Crippen LogP contribution is -2.50. The van der Waals surface area contributed by atoms with E-state index in [1.54, 1.807) is 29.0 Å². The maximum absolute atomic E-state index is 12.5. The number of hydrogen-bond donors (Lipinski definition) is 1. The summed E-state index contributed by atoms with van der Waals surface area (Å²) in [6.45, 7) is 3.91. The second-order valence-electron chi connectivity index (χ2n) is 6.36. The van der Waals surface area contributed by atoms with Crippen molar-refractivity contribution in [3.63, 3.8) is 0 Å². The Labute approximate surface area is 136 Å². The van der Waals surface area contributed by atoms with Crippen molar-refractivity contribution >= 4 is 17.5 Å². The fraction of sp³-hybridized carbons (Fsp3) is 0.588. The SMILES string of the molecule is CC(=O)N1CCN(C(=O)c2ccc(NC3CCCC3)cn2)CC1. The number of aromatic nitrogens is 1. The zero-order valence-electron chi connectivity index (χ0n) is 13.6. The molecular formula is C17H24N4O2. The van der Waals surface area contributed by atoms with Crippen molar-refractivity contribution in [2.24, 2.45) is 0 Å². The second kappa shape index (κ2) is 6.98. The van der Waals surface area contributed by atoms with Crippen molar-refractivity contribution < 1.29 is 9.59 Å². The third-order valence-electron chi connectivity index (χ3n) is 4.72. The lowest BCUT2D eigenvalue weighted by molar-refractivity contribution is -0.130. The molecule has 2 amide bonds. The number of pyridine rings is 1. The van der Waals surface area contributed by atoms with E-state index in [2.05, 4.69) is 10.3 Å². The van der Waals surface area contributed by atoms with Crippen LogP contribution in [-0.4, -0.2) is 58.8 Å². The number of anilines is 1. The Kier molecular flexibility index (Phi) is 4.79. The first-order chi connectivity index (χ1) is 11.1. The molecule has 0 aromatic carbocycles. The normalized spacial score (nSPS) is 19.0. The molecule has 1 saturated heterocycles. The summed E-state index contributed by atoms with van der Waals surface area (Å²) in [5, 5.41) is 3.47. The molecule has 1 aliphatic heterocycles. The van der Waals surface area contributed by atoms with E-state index in [0.717, 1.165) is 5.69 Å². The van der Waals surface area contributed by atoms with Gasteiger partial charge in [0.2, 0.25) is 5.91 Å². The minimum absolute atomic E-state index is 0.0550. The van der Waals surface area contributed by atoms with Crippen LogP contribution in [0.3, 0.4) is 0 Å². The summed E-state index contributed by atoms with van der Waals surface area (Å²) in [7, 11) is 0. The minimum atomic E-state index is -0.0550. The van der Waals surface area contributed by atoms with Crippen LogP contribution in [0.15, 0.2) is 18.3 Å². The van der Waals surface area contributed by atoms with Crippen molar-refractivity contribution in [2.45, 2.75) is 38.6 Å². The highest BCUT2D eigenvalue weighted by atomic mass is 16.2. The van der Waals surface area contributed by atoms with Gasteiger partial charge in [0.25, 0.3) is 5.91 Å². The number of rotatable bonds is 3. The van der Waals surface area contributed by atoms with E-state index >= 15 is 0 Å². The van der Waals surface area contributed by atoms with Gasteiger partial charge in [-0.05, 0) is 25.0 Å². The maximum Gasteiger partial charge on any atom is 0.272 e. The van der Waals surface area contributed by atoms with E-state index < -0.39 is 0 Å². The lowest BCUT2D eigenvalue weighted by Gasteiger charge is -2.34. The van der Waals surface area contributed by atoms with E-state index in [0.29, 0.717) is 37.9 Å². The van der Waals surface area contributed by atoms with Crippen molar-refractivity contribution in [1.82, 2.24) is 14.8 Å². The van der Waals surface area contributed by atoms with Crippen LogP contribution in [0.4, 0.5) is 5.69 Å². The average molecular weight is 316 g/mol. The first-order valence-corrected chi connectivity index (χ1v) is 8.41. The van der Waals surface area contributed by atoms with Crippen molar-refractivity contribution in [3.8, 4) is 0 Å². The molecule has 6 nitrogen and oxygen atoms in total. The van der Waals surface area contributed by atoms with E-state index in [1.807, 2.05) is 6.07 Å². The van der Waals surface area contributed by atoms with E-state index in [1.165, 1.54) is 25.7 Å². The van der Waals surface area contributed by atoms with E-state index in [-0.39, 0.29) is 11.8 Å². The van der Waals surface area contributed by atoms with Gasteiger partial charge >= 0.3 is 0 Å². The average Bonchev–Trinajstić information content (AvgIpc) is 3.08. The zero-order chi connectivity index (χ0) is 16.2. The first-order valence-electron chi connectivity index (χ1n) is 8.41. The molecule has 2 fully saturated rings. The Morgan fingerprint density at radius 3 is 2.30 bits per heavy atom. The third-order valence-corrected chi connectivity index (χ3v) is 4.72. The molecule has 2 aliphatic rings. The minimum Gasteiger partial charge on any atom is -0.381 e. The van der Waals surface area contributed by atoms with Crippen molar-refractivity contribution in [3.05, 3.63) is 24.0 Å². The van der Waals surface area contributed by atoms with Gasteiger partial charge in [0.05, 0.1) is 11.9 Å². The molecule has 23 heavy (non-hydrogen) atoms. The summed E-state index contributed by atoms with van der Waals surface area (Å²) in [5.74, 6) is 0.0122. The number of carbonyl (C=O) groups excluding carboxylic acids is 2. The molecule has 0 spiro atoms. The predicted molar refractivity (Wildman–Crippen MR) is 88.3 cm³/mol. The number of amides is 2. The Hall–Kier alpha value is -2.11. The fourth-order valence-corrected chi connectivity index (χ4v) is 3.30.